The molecule has 0 amide bonds. The second-order valence-corrected chi connectivity index (χ2v) is 8.52. The number of pyridine rings is 1. The monoisotopic (exact) mass is 390 g/mol. The Balaban J connectivity index is 1.55. The number of sulfonamides is 1. The summed E-state index contributed by atoms with van der Waals surface area (Å²) in [5.41, 5.74) is 2.34. The lowest BCUT2D eigenvalue weighted by atomic mass is 10.1. The summed E-state index contributed by atoms with van der Waals surface area (Å²) in [6.45, 7) is 3.59. The predicted octanol–water partition coefficient (Wildman–Crippen LogP) is 2.32. The van der Waals surface area contributed by atoms with E-state index < -0.39 is 10.0 Å². The molecule has 2 aromatic heterocycles. The largest absolute Gasteiger partial charge is 0.368 e. The predicted molar refractivity (Wildman–Crippen MR) is 99.4 cm³/mol. The summed E-state index contributed by atoms with van der Waals surface area (Å²) in [4.78, 5) is 6.38. The van der Waals surface area contributed by atoms with Gasteiger partial charge in [0.25, 0.3) is 0 Å². The zero-order valence-corrected chi connectivity index (χ0v) is 15.6. The molecule has 1 aliphatic heterocycles. The van der Waals surface area contributed by atoms with Gasteiger partial charge in [-0.3, -0.25) is 0 Å². The third-order valence-corrected chi connectivity index (χ3v) is 6.50. The Bertz CT molecular complexity index is 1060. The number of piperazine rings is 1. The molecular weight excluding hydrogens is 371 g/mol. The number of para-hydroxylation sites is 1. The topological polar surface area (TPSA) is 79.5 Å². The van der Waals surface area contributed by atoms with Crippen LogP contribution in [-0.2, 0) is 15.8 Å². The van der Waals surface area contributed by atoms with Gasteiger partial charge in [0.2, 0.25) is 10.0 Å². The van der Waals surface area contributed by atoms with Crippen LogP contribution in [-0.4, -0.2) is 49.0 Å². The quantitative estimate of drug-likeness (QED) is 0.680. The average molecular weight is 390 g/mol. The number of hydrogen-bond donors (Lipinski definition) is 0. The van der Waals surface area contributed by atoms with Gasteiger partial charge in [-0.2, -0.15) is 4.31 Å². The van der Waals surface area contributed by atoms with Crippen LogP contribution in [0.5, 0.6) is 0 Å². The first kappa shape index (κ1) is 17.9. The minimum atomic E-state index is -3.46. The van der Waals surface area contributed by atoms with E-state index in [1.54, 1.807) is 12.1 Å². The van der Waals surface area contributed by atoms with Crippen LogP contribution in [0.4, 0.5) is 10.1 Å². The maximum Gasteiger partial charge on any atom is 0.220 e. The number of halogens is 1. The Hall–Kier alpha value is -2.52. The van der Waals surface area contributed by atoms with E-state index in [-0.39, 0.29) is 11.6 Å². The van der Waals surface area contributed by atoms with Crippen LogP contribution in [0.2, 0.25) is 0 Å². The van der Waals surface area contributed by atoms with Crippen LogP contribution in [0.1, 0.15) is 11.4 Å². The summed E-state index contributed by atoms with van der Waals surface area (Å²) in [5.74, 6) is -0.530. The molecule has 0 radical (unpaired) electrons. The first-order valence-electron chi connectivity index (χ1n) is 8.62. The van der Waals surface area contributed by atoms with Crippen LogP contribution in [0.15, 0.2) is 41.1 Å². The molecule has 0 unspecified atom stereocenters. The third-order valence-electron chi connectivity index (χ3n) is 4.69. The fourth-order valence-electron chi connectivity index (χ4n) is 3.38. The molecular formula is C18H19FN4O3S. The SMILES string of the molecule is Cc1cc(N2CCN(S(=O)(=O)Cc3ccon3)CC2)c2cccc(F)c2n1. The molecule has 3 aromatic rings. The molecule has 1 saturated heterocycles. The van der Waals surface area contributed by atoms with Crippen molar-refractivity contribution in [3.05, 3.63) is 53.8 Å². The lowest BCUT2D eigenvalue weighted by Crippen LogP contribution is -2.49. The molecule has 9 heteroatoms. The van der Waals surface area contributed by atoms with E-state index in [1.807, 2.05) is 19.1 Å². The number of hydrogen-bond acceptors (Lipinski definition) is 6. The van der Waals surface area contributed by atoms with Gasteiger partial charge >= 0.3 is 0 Å². The number of aromatic nitrogens is 2. The fourth-order valence-corrected chi connectivity index (χ4v) is 4.80. The number of benzene rings is 1. The number of aryl methyl sites for hydroxylation is 1. The van der Waals surface area contributed by atoms with Crippen molar-refractivity contribution in [2.75, 3.05) is 31.1 Å². The van der Waals surface area contributed by atoms with Crippen molar-refractivity contribution in [2.45, 2.75) is 12.7 Å². The van der Waals surface area contributed by atoms with E-state index in [1.165, 1.54) is 16.6 Å². The summed E-state index contributed by atoms with van der Waals surface area (Å²) < 4.78 is 45.5. The van der Waals surface area contributed by atoms with Crippen LogP contribution >= 0.6 is 0 Å². The minimum Gasteiger partial charge on any atom is -0.368 e. The van der Waals surface area contributed by atoms with E-state index in [9.17, 15) is 12.8 Å². The van der Waals surface area contributed by atoms with Gasteiger partial charge in [0.1, 0.15) is 23.3 Å². The molecule has 0 atom stereocenters. The molecule has 0 aliphatic carbocycles. The van der Waals surface area contributed by atoms with Gasteiger partial charge in [-0.25, -0.2) is 17.8 Å². The van der Waals surface area contributed by atoms with Gasteiger partial charge < -0.3 is 9.42 Å². The number of anilines is 1. The Morgan fingerprint density at radius 3 is 2.67 bits per heavy atom. The van der Waals surface area contributed by atoms with E-state index >= 15 is 0 Å². The summed E-state index contributed by atoms with van der Waals surface area (Å²) >= 11 is 0. The second-order valence-electron chi connectivity index (χ2n) is 6.55. The van der Waals surface area contributed by atoms with E-state index in [0.717, 1.165) is 16.8 Å². The molecule has 0 saturated carbocycles. The Morgan fingerprint density at radius 1 is 1.19 bits per heavy atom. The third kappa shape index (κ3) is 3.52. The minimum absolute atomic E-state index is 0.175. The van der Waals surface area contributed by atoms with E-state index in [0.29, 0.717) is 37.4 Å². The number of nitrogens with zero attached hydrogens (tertiary/aromatic N) is 4. The summed E-state index contributed by atoms with van der Waals surface area (Å²) in [7, 11) is -3.46. The number of fused-ring (bicyclic) bond motifs is 1. The van der Waals surface area contributed by atoms with Gasteiger partial charge in [-0.15, -0.1) is 0 Å². The number of rotatable bonds is 4. The lowest BCUT2D eigenvalue weighted by molar-refractivity contribution is 0.382. The first-order chi connectivity index (χ1) is 12.9. The zero-order chi connectivity index (χ0) is 19.0. The van der Waals surface area contributed by atoms with Crippen molar-refractivity contribution in [1.82, 2.24) is 14.4 Å². The summed E-state index contributed by atoms with van der Waals surface area (Å²) in [6, 6.07) is 8.37. The highest BCUT2D eigenvalue weighted by molar-refractivity contribution is 7.88. The van der Waals surface area contributed by atoms with Crippen molar-refractivity contribution in [1.29, 1.82) is 0 Å². The normalized spacial score (nSPS) is 16.1. The highest BCUT2D eigenvalue weighted by Gasteiger charge is 2.28. The molecule has 7 nitrogen and oxygen atoms in total. The highest BCUT2D eigenvalue weighted by Crippen LogP contribution is 2.29. The molecule has 4 rings (SSSR count). The Morgan fingerprint density at radius 2 is 1.96 bits per heavy atom. The molecule has 27 heavy (non-hydrogen) atoms. The van der Waals surface area contributed by atoms with Crippen LogP contribution in [0.25, 0.3) is 10.9 Å². The van der Waals surface area contributed by atoms with Gasteiger partial charge in [0.15, 0.2) is 0 Å². The van der Waals surface area contributed by atoms with E-state index in [2.05, 4.69) is 15.0 Å². The second kappa shape index (κ2) is 6.90. The van der Waals surface area contributed by atoms with Crippen molar-refractivity contribution >= 4 is 26.6 Å². The molecule has 142 valence electrons. The van der Waals surface area contributed by atoms with Crippen LogP contribution in [0, 0.1) is 12.7 Å². The Labute approximate surface area is 156 Å². The first-order valence-corrected chi connectivity index (χ1v) is 10.2. The molecule has 0 bridgehead atoms. The lowest BCUT2D eigenvalue weighted by Gasteiger charge is -2.36. The van der Waals surface area contributed by atoms with Gasteiger partial charge in [0, 0.05) is 49.0 Å². The fraction of sp³-hybridized carbons (Fsp3) is 0.333. The highest BCUT2D eigenvalue weighted by atomic mass is 32.2. The summed E-state index contributed by atoms with van der Waals surface area (Å²) in [5, 5.41) is 4.41. The molecule has 0 spiro atoms. The smallest absolute Gasteiger partial charge is 0.220 e. The maximum absolute atomic E-state index is 14.1. The van der Waals surface area contributed by atoms with Crippen LogP contribution < -0.4 is 4.90 Å². The van der Waals surface area contributed by atoms with Crippen molar-refractivity contribution in [3.63, 3.8) is 0 Å². The summed E-state index contributed by atoms with van der Waals surface area (Å²) in [6.07, 6.45) is 1.36. The van der Waals surface area contributed by atoms with E-state index in [4.69, 9.17) is 4.52 Å². The molecule has 1 aromatic carbocycles. The Kier molecular flexibility index (Phi) is 4.56. The van der Waals surface area contributed by atoms with Gasteiger partial charge in [0.05, 0.1) is 5.69 Å². The molecule has 0 N–H and O–H groups in total. The van der Waals surface area contributed by atoms with Crippen molar-refractivity contribution < 1.29 is 17.3 Å². The van der Waals surface area contributed by atoms with Gasteiger partial charge in [-0.05, 0) is 19.1 Å². The van der Waals surface area contributed by atoms with Crippen LogP contribution in [0.3, 0.4) is 0 Å². The molecule has 1 aliphatic rings. The molecule has 3 heterocycles. The molecule has 1 fully saturated rings. The average Bonchev–Trinajstić information content (AvgIpc) is 3.14. The van der Waals surface area contributed by atoms with Crippen molar-refractivity contribution in [3.8, 4) is 0 Å². The maximum atomic E-state index is 14.1. The zero-order valence-electron chi connectivity index (χ0n) is 14.8. The standard InChI is InChI=1S/C18H19FN4O3S/c1-13-11-17(15-3-2-4-16(19)18(15)20-13)22-6-8-23(9-7-22)27(24,25)12-14-5-10-26-21-14/h2-5,10-11H,6-9,12H2,1H3. The van der Waals surface area contributed by atoms with Gasteiger partial charge in [-0.1, -0.05) is 17.3 Å². The van der Waals surface area contributed by atoms with Crippen molar-refractivity contribution in [2.24, 2.45) is 0 Å².